The number of sulfonamides is 1. The van der Waals surface area contributed by atoms with Crippen molar-refractivity contribution in [1.29, 1.82) is 0 Å². The van der Waals surface area contributed by atoms with Crippen LogP contribution in [0.1, 0.15) is 13.3 Å². The van der Waals surface area contributed by atoms with E-state index in [0.29, 0.717) is 6.42 Å². The first kappa shape index (κ1) is 8.20. The van der Waals surface area contributed by atoms with Gasteiger partial charge in [-0.05, 0) is 18.2 Å². The lowest BCUT2D eigenvalue weighted by atomic mass is 10.6. The fraction of sp³-hybridized carbons (Fsp3) is 1.00. The maximum absolute atomic E-state index is 10.4. The summed E-state index contributed by atoms with van der Waals surface area (Å²) in [5, 5.41) is 0. The highest BCUT2D eigenvalue weighted by Gasteiger charge is 2.03. The van der Waals surface area contributed by atoms with E-state index >= 15 is 0 Å². The molecule has 5 heteroatoms. The normalized spacial score (nSPS) is 11.8. The fourth-order valence-corrected chi connectivity index (χ4v) is 1.15. The van der Waals surface area contributed by atoms with E-state index < -0.39 is 10.0 Å². The zero-order chi connectivity index (χ0) is 6.62. The Hall–Kier alpha value is 0.200. The van der Waals surface area contributed by atoms with E-state index in [0.717, 1.165) is 0 Å². The molecule has 8 heavy (non-hydrogen) atoms. The number of nitrogens with one attached hydrogen (secondary N) is 1. The summed E-state index contributed by atoms with van der Waals surface area (Å²) in [6.07, 6.45) is 0.585. The van der Waals surface area contributed by atoms with Crippen LogP contribution in [0.4, 0.5) is 0 Å². The minimum Gasteiger partial charge on any atom is -0.211 e. The highest BCUT2D eigenvalue weighted by Crippen LogP contribution is 1.87. The number of hydrogen-bond acceptors (Lipinski definition) is 2. The quantitative estimate of drug-likeness (QED) is 0.606. The number of hydrogen-bond donors (Lipinski definition) is 1. The Bertz CT molecular complexity index is 141. The zero-order valence-electron chi connectivity index (χ0n) is 4.52. The van der Waals surface area contributed by atoms with Crippen LogP contribution in [0.15, 0.2) is 0 Å². The molecule has 0 aromatic carbocycles. The van der Waals surface area contributed by atoms with E-state index in [-0.39, 0.29) is 5.75 Å². The Morgan fingerprint density at radius 1 is 1.62 bits per heavy atom. The van der Waals surface area contributed by atoms with Crippen LogP contribution < -0.4 is 4.24 Å². The predicted molar refractivity (Wildman–Crippen MR) is 33.1 cm³/mol. The molecule has 0 saturated carbocycles. The van der Waals surface area contributed by atoms with Gasteiger partial charge in [-0.2, -0.15) is 0 Å². The Labute approximate surface area is 54.2 Å². The smallest absolute Gasteiger partial charge is 0.211 e. The molecule has 0 aliphatic rings. The van der Waals surface area contributed by atoms with Crippen molar-refractivity contribution < 1.29 is 8.42 Å². The van der Waals surface area contributed by atoms with Gasteiger partial charge < -0.3 is 0 Å². The fourth-order valence-electron chi connectivity index (χ4n) is 0.307. The van der Waals surface area contributed by atoms with E-state index in [1.165, 1.54) is 0 Å². The summed E-state index contributed by atoms with van der Waals surface area (Å²) >= 11 is 4.83. The molecule has 3 nitrogen and oxygen atoms in total. The molecule has 0 heterocycles. The first-order chi connectivity index (χ1) is 3.62. The molecule has 0 bridgehead atoms. The summed E-state index contributed by atoms with van der Waals surface area (Å²) in [5.74, 6) is 0.0937. The van der Waals surface area contributed by atoms with Crippen LogP contribution in [0.3, 0.4) is 0 Å². The van der Waals surface area contributed by atoms with Crippen molar-refractivity contribution in [2.24, 2.45) is 0 Å². The van der Waals surface area contributed by atoms with Crippen molar-refractivity contribution in [3.05, 3.63) is 0 Å². The standard InChI is InChI=1S/C3H8ClNO2S/c1-2-3-8(6,7)5-4/h5H,2-3H2,1H3. The Kier molecular flexibility index (Phi) is 3.35. The molecule has 0 aromatic heterocycles. The van der Waals surface area contributed by atoms with Crippen molar-refractivity contribution >= 4 is 21.8 Å². The van der Waals surface area contributed by atoms with Gasteiger partial charge in [0.05, 0.1) is 5.75 Å². The second kappa shape index (κ2) is 3.27. The van der Waals surface area contributed by atoms with Gasteiger partial charge in [-0.15, -0.1) is 4.24 Å². The molecule has 0 radical (unpaired) electrons. The highest BCUT2D eigenvalue weighted by atomic mass is 35.5. The molecule has 0 amide bonds. The minimum absolute atomic E-state index is 0.0937. The van der Waals surface area contributed by atoms with E-state index in [1.807, 2.05) is 0 Å². The molecule has 0 aliphatic carbocycles. The molecular formula is C3H8ClNO2S. The van der Waals surface area contributed by atoms with E-state index in [2.05, 4.69) is 0 Å². The van der Waals surface area contributed by atoms with Crippen molar-refractivity contribution in [2.45, 2.75) is 13.3 Å². The third kappa shape index (κ3) is 3.23. The molecule has 0 aliphatic heterocycles. The van der Waals surface area contributed by atoms with E-state index in [9.17, 15) is 8.42 Å². The van der Waals surface area contributed by atoms with Crippen LogP contribution in [0.2, 0.25) is 0 Å². The summed E-state index contributed by atoms with van der Waals surface area (Å²) in [5.41, 5.74) is 0. The van der Waals surface area contributed by atoms with E-state index in [4.69, 9.17) is 11.8 Å². The summed E-state index contributed by atoms with van der Waals surface area (Å²) in [6.45, 7) is 1.77. The molecule has 1 N–H and O–H groups in total. The van der Waals surface area contributed by atoms with Crippen LogP contribution in [0, 0.1) is 0 Å². The summed E-state index contributed by atoms with van der Waals surface area (Å²) in [6, 6.07) is 0. The molecule has 0 aromatic rings. The maximum atomic E-state index is 10.4. The van der Waals surface area contributed by atoms with E-state index in [1.54, 1.807) is 11.2 Å². The summed E-state index contributed by atoms with van der Waals surface area (Å²) < 4.78 is 22.4. The molecule has 0 unspecified atom stereocenters. The Morgan fingerprint density at radius 3 is 2.25 bits per heavy atom. The van der Waals surface area contributed by atoms with Crippen molar-refractivity contribution in [2.75, 3.05) is 5.75 Å². The molecular weight excluding hydrogens is 150 g/mol. The van der Waals surface area contributed by atoms with Crippen LogP contribution in [0.25, 0.3) is 0 Å². The topological polar surface area (TPSA) is 46.2 Å². The average molecular weight is 158 g/mol. The van der Waals surface area contributed by atoms with Crippen molar-refractivity contribution in [3.8, 4) is 0 Å². The SMILES string of the molecule is CCCS(=O)(=O)NCl. The third-order valence-electron chi connectivity index (χ3n) is 0.590. The average Bonchev–Trinajstić information content (AvgIpc) is 1.67. The monoisotopic (exact) mass is 157 g/mol. The second-order valence-corrected chi connectivity index (χ2v) is 3.65. The van der Waals surface area contributed by atoms with Crippen LogP contribution in [0.5, 0.6) is 0 Å². The van der Waals surface area contributed by atoms with Crippen molar-refractivity contribution in [3.63, 3.8) is 0 Å². The van der Waals surface area contributed by atoms with Gasteiger partial charge in [0.1, 0.15) is 0 Å². The highest BCUT2D eigenvalue weighted by molar-refractivity contribution is 7.90. The van der Waals surface area contributed by atoms with Gasteiger partial charge in [0.25, 0.3) is 0 Å². The van der Waals surface area contributed by atoms with Gasteiger partial charge in [0.2, 0.25) is 10.0 Å². The van der Waals surface area contributed by atoms with Gasteiger partial charge >= 0.3 is 0 Å². The maximum Gasteiger partial charge on any atom is 0.224 e. The van der Waals surface area contributed by atoms with Crippen LogP contribution in [-0.2, 0) is 10.0 Å². The molecule has 50 valence electrons. The lowest BCUT2D eigenvalue weighted by molar-refractivity contribution is 0.592. The predicted octanol–water partition coefficient (Wildman–Crippen LogP) is 0.470. The van der Waals surface area contributed by atoms with Gasteiger partial charge in [-0.1, -0.05) is 6.92 Å². The first-order valence-electron chi connectivity index (χ1n) is 2.22. The van der Waals surface area contributed by atoms with Crippen LogP contribution >= 0.6 is 11.8 Å². The van der Waals surface area contributed by atoms with Gasteiger partial charge in [0, 0.05) is 0 Å². The van der Waals surface area contributed by atoms with Crippen LogP contribution in [-0.4, -0.2) is 14.2 Å². The summed E-state index contributed by atoms with van der Waals surface area (Å²) in [4.78, 5) is 0. The molecule has 0 saturated heterocycles. The lowest BCUT2D eigenvalue weighted by Gasteiger charge is -1.93. The van der Waals surface area contributed by atoms with Gasteiger partial charge in [-0.3, -0.25) is 0 Å². The third-order valence-corrected chi connectivity index (χ3v) is 2.48. The molecule has 0 spiro atoms. The Morgan fingerprint density at radius 2 is 2.12 bits per heavy atom. The zero-order valence-corrected chi connectivity index (χ0v) is 6.09. The second-order valence-electron chi connectivity index (χ2n) is 1.40. The van der Waals surface area contributed by atoms with Crippen molar-refractivity contribution in [1.82, 2.24) is 4.24 Å². The largest absolute Gasteiger partial charge is 0.224 e. The van der Waals surface area contributed by atoms with Gasteiger partial charge in [0.15, 0.2) is 0 Å². The first-order valence-corrected chi connectivity index (χ1v) is 4.25. The minimum atomic E-state index is -3.15. The number of rotatable bonds is 3. The Balaban J connectivity index is 3.76. The number of halogens is 1. The molecule has 0 rings (SSSR count). The van der Waals surface area contributed by atoms with Gasteiger partial charge in [-0.25, -0.2) is 8.42 Å². The summed E-state index contributed by atoms with van der Waals surface area (Å²) in [7, 11) is -3.15. The molecule has 0 atom stereocenters. The molecule has 0 fully saturated rings. The lowest BCUT2D eigenvalue weighted by Crippen LogP contribution is -2.16.